The first kappa shape index (κ1) is 12.3. The summed E-state index contributed by atoms with van der Waals surface area (Å²) in [7, 11) is 0. The zero-order valence-corrected chi connectivity index (χ0v) is 10.8. The second kappa shape index (κ2) is 4.77. The van der Waals surface area contributed by atoms with Crippen molar-refractivity contribution in [3.8, 4) is 5.75 Å². The number of hydrogen-bond donors (Lipinski definition) is 0. The van der Waals surface area contributed by atoms with Gasteiger partial charge >= 0.3 is 0 Å². The lowest BCUT2D eigenvalue weighted by Crippen LogP contribution is -2.12. The Kier molecular flexibility index (Phi) is 2.95. The van der Waals surface area contributed by atoms with Gasteiger partial charge < -0.3 is 4.74 Å². The van der Waals surface area contributed by atoms with Crippen molar-refractivity contribution in [2.24, 2.45) is 4.99 Å². The average molecular weight is 268 g/mol. The number of fused-ring (bicyclic) bond motifs is 1. The number of rotatable bonds is 2. The van der Waals surface area contributed by atoms with E-state index >= 15 is 0 Å². The summed E-state index contributed by atoms with van der Waals surface area (Å²) in [6.07, 6.45) is 1.40. The molecule has 0 saturated carbocycles. The fourth-order valence-corrected chi connectivity index (χ4v) is 2.14. The van der Waals surface area contributed by atoms with Gasteiger partial charge in [-0.05, 0) is 36.2 Å². The Bertz CT molecular complexity index is 693. The number of ether oxygens (including phenoxy) is 1. The first-order valence-corrected chi connectivity index (χ1v) is 6.20. The number of aryl methyl sites for hydroxylation is 1. The molecule has 0 aliphatic carbocycles. The standard InChI is InChI=1S/C15H12N2O3/c1-10-3-2-4-13-15(10)16-9-14(20-13)11-5-7-12(8-6-11)17(18)19/h2-9,14H,1H3. The number of nitro groups is 1. The number of non-ortho nitro benzene ring substituents is 1. The molecular formula is C15H12N2O3. The predicted molar refractivity (Wildman–Crippen MR) is 75.8 cm³/mol. The van der Waals surface area contributed by atoms with Gasteiger partial charge in [-0.3, -0.25) is 15.1 Å². The van der Waals surface area contributed by atoms with Gasteiger partial charge in [-0.25, -0.2) is 0 Å². The molecule has 1 aliphatic heterocycles. The van der Waals surface area contributed by atoms with E-state index in [1.807, 2.05) is 25.1 Å². The van der Waals surface area contributed by atoms with Gasteiger partial charge in [0.1, 0.15) is 11.4 Å². The number of para-hydroxylation sites is 1. The van der Waals surface area contributed by atoms with Crippen LogP contribution in [0.4, 0.5) is 11.4 Å². The van der Waals surface area contributed by atoms with E-state index in [0.717, 1.165) is 22.6 Å². The van der Waals surface area contributed by atoms with Gasteiger partial charge in [-0.1, -0.05) is 12.1 Å². The van der Waals surface area contributed by atoms with Gasteiger partial charge in [0.15, 0.2) is 6.10 Å². The normalized spacial score (nSPS) is 16.4. The molecule has 1 heterocycles. The molecule has 0 radical (unpaired) electrons. The van der Waals surface area contributed by atoms with Crippen LogP contribution in [0.5, 0.6) is 5.75 Å². The summed E-state index contributed by atoms with van der Waals surface area (Å²) in [5.41, 5.74) is 2.80. The first-order chi connectivity index (χ1) is 9.65. The Morgan fingerprint density at radius 2 is 1.95 bits per heavy atom. The van der Waals surface area contributed by atoms with Crippen LogP contribution in [0.1, 0.15) is 17.2 Å². The molecule has 0 fully saturated rings. The molecule has 5 nitrogen and oxygen atoms in total. The van der Waals surface area contributed by atoms with Crippen LogP contribution >= 0.6 is 0 Å². The quantitative estimate of drug-likeness (QED) is 0.615. The first-order valence-electron chi connectivity index (χ1n) is 6.20. The third kappa shape index (κ3) is 2.14. The van der Waals surface area contributed by atoms with Crippen LogP contribution in [0.25, 0.3) is 0 Å². The van der Waals surface area contributed by atoms with E-state index in [9.17, 15) is 10.1 Å². The SMILES string of the molecule is Cc1cccc2c1N=CC(c1ccc([N+](=O)[O-])cc1)O2. The minimum Gasteiger partial charge on any atom is -0.478 e. The van der Waals surface area contributed by atoms with Crippen molar-refractivity contribution in [3.05, 3.63) is 63.7 Å². The van der Waals surface area contributed by atoms with Crippen LogP contribution in [0.2, 0.25) is 0 Å². The van der Waals surface area contributed by atoms with E-state index in [2.05, 4.69) is 4.99 Å². The van der Waals surface area contributed by atoms with Gasteiger partial charge in [0.25, 0.3) is 5.69 Å². The highest BCUT2D eigenvalue weighted by molar-refractivity contribution is 5.76. The molecule has 2 aromatic rings. The van der Waals surface area contributed by atoms with Gasteiger partial charge in [0, 0.05) is 12.1 Å². The summed E-state index contributed by atoms with van der Waals surface area (Å²) >= 11 is 0. The third-order valence-electron chi connectivity index (χ3n) is 3.23. The van der Waals surface area contributed by atoms with Crippen LogP contribution < -0.4 is 4.74 Å². The number of hydrogen-bond acceptors (Lipinski definition) is 4. The van der Waals surface area contributed by atoms with Gasteiger partial charge in [0.05, 0.1) is 11.1 Å². The average Bonchev–Trinajstić information content (AvgIpc) is 2.47. The molecule has 0 bridgehead atoms. The molecule has 0 N–H and O–H groups in total. The molecule has 2 aromatic carbocycles. The Hall–Kier alpha value is -2.69. The molecule has 1 unspecified atom stereocenters. The fourth-order valence-electron chi connectivity index (χ4n) is 2.14. The fraction of sp³-hybridized carbons (Fsp3) is 0.133. The highest BCUT2D eigenvalue weighted by Gasteiger charge is 2.19. The second-order valence-electron chi connectivity index (χ2n) is 4.59. The van der Waals surface area contributed by atoms with Crippen molar-refractivity contribution in [3.63, 3.8) is 0 Å². The summed E-state index contributed by atoms with van der Waals surface area (Å²) in [5, 5.41) is 10.6. The smallest absolute Gasteiger partial charge is 0.269 e. The Morgan fingerprint density at radius 1 is 1.20 bits per heavy atom. The zero-order chi connectivity index (χ0) is 14.1. The van der Waals surface area contributed by atoms with Crippen molar-refractivity contribution < 1.29 is 9.66 Å². The molecule has 0 aromatic heterocycles. The van der Waals surface area contributed by atoms with Gasteiger partial charge in [0.2, 0.25) is 0 Å². The van der Waals surface area contributed by atoms with E-state index in [0.29, 0.717) is 0 Å². The maximum atomic E-state index is 10.6. The maximum absolute atomic E-state index is 10.6. The number of aliphatic imine (C=N–C) groups is 1. The molecule has 5 heteroatoms. The van der Waals surface area contributed by atoms with Crippen LogP contribution in [0.15, 0.2) is 47.5 Å². The number of nitrogens with zero attached hydrogens (tertiary/aromatic N) is 2. The third-order valence-corrected chi connectivity index (χ3v) is 3.23. The molecule has 0 amide bonds. The summed E-state index contributed by atoms with van der Waals surface area (Å²) in [6.45, 7) is 1.98. The Labute approximate surface area is 115 Å². The van der Waals surface area contributed by atoms with Crippen molar-refractivity contribution in [2.75, 3.05) is 0 Å². The van der Waals surface area contributed by atoms with Crippen LogP contribution in [0, 0.1) is 17.0 Å². The maximum Gasteiger partial charge on any atom is 0.269 e. The van der Waals surface area contributed by atoms with E-state index in [1.54, 1.807) is 18.3 Å². The van der Waals surface area contributed by atoms with Crippen LogP contribution in [0.3, 0.4) is 0 Å². The molecule has 1 aliphatic rings. The van der Waals surface area contributed by atoms with E-state index in [1.165, 1.54) is 12.1 Å². The Morgan fingerprint density at radius 3 is 2.65 bits per heavy atom. The highest BCUT2D eigenvalue weighted by atomic mass is 16.6. The highest BCUT2D eigenvalue weighted by Crippen LogP contribution is 2.37. The molecule has 100 valence electrons. The van der Waals surface area contributed by atoms with Crippen molar-refractivity contribution in [1.82, 2.24) is 0 Å². The van der Waals surface area contributed by atoms with E-state index in [-0.39, 0.29) is 11.8 Å². The van der Waals surface area contributed by atoms with Crippen molar-refractivity contribution in [1.29, 1.82) is 0 Å². The van der Waals surface area contributed by atoms with E-state index in [4.69, 9.17) is 4.74 Å². The lowest BCUT2D eigenvalue weighted by molar-refractivity contribution is -0.384. The number of nitro benzene ring substituents is 1. The zero-order valence-electron chi connectivity index (χ0n) is 10.8. The van der Waals surface area contributed by atoms with Crippen LogP contribution in [-0.2, 0) is 0 Å². The largest absolute Gasteiger partial charge is 0.478 e. The summed E-state index contributed by atoms with van der Waals surface area (Å²) in [5.74, 6) is 0.732. The van der Waals surface area contributed by atoms with Gasteiger partial charge in [-0.15, -0.1) is 0 Å². The van der Waals surface area contributed by atoms with E-state index < -0.39 is 4.92 Å². The molecule has 0 saturated heterocycles. The molecule has 3 rings (SSSR count). The summed E-state index contributed by atoms with van der Waals surface area (Å²) in [6, 6.07) is 12.1. The summed E-state index contributed by atoms with van der Waals surface area (Å²) in [4.78, 5) is 14.6. The predicted octanol–water partition coefficient (Wildman–Crippen LogP) is 3.74. The second-order valence-corrected chi connectivity index (χ2v) is 4.59. The van der Waals surface area contributed by atoms with Gasteiger partial charge in [-0.2, -0.15) is 0 Å². The van der Waals surface area contributed by atoms with Crippen molar-refractivity contribution in [2.45, 2.75) is 13.0 Å². The molecular weight excluding hydrogens is 256 g/mol. The minimum atomic E-state index is -0.418. The lowest BCUT2D eigenvalue weighted by atomic mass is 10.1. The minimum absolute atomic E-state index is 0.0674. The molecule has 1 atom stereocenters. The monoisotopic (exact) mass is 268 g/mol. The Balaban J connectivity index is 1.89. The lowest BCUT2D eigenvalue weighted by Gasteiger charge is -2.21. The molecule has 20 heavy (non-hydrogen) atoms. The van der Waals surface area contributed by atoms with Crippen molar-refractivity contribution >= 4 is 17.6 Å². The van der Waals surface area contributed by atoms with Crippen LogP contribution in [-0.4, -0.2) is 11.1 Å². The molecule has 0 spiro atoms. The summed E-state index contributed by atoms with van der Waals surface area (Å²) < 4.78 is 5.88. The number of benzene rings is 2. The topological polar surface area (TPSA) is 64.7 Å².